The fraction of sp³-hybridized carbons (Fsp3) is 0.583. The highest BCUT2D eigenvalue weighted by atomic mass is 16.5. The number of hydrogen-bond acceptors (Lipinski definition) is 5. The summed E-state index contributed by atoms with van der Waals surface area (Å²) in [5.41, 5.74) is 6.22. The quantitative estimate of drug-likeness (QED) is 0.792. The molecule has 2 rings (SSSR count). The molecule has 1 aliphatic rings. The zero-order valence-electron chi connectivity index (χ0n) is 10.0. The second-order valence-corrected chi connectivity index (χ2v) is 4.25. The lowest BCUT2D eigenvalue weighted by Gasteiger charge is -2.22. The minimum absolute atomic E-state index is 0.350. The van der Waals surface area contributed by atoms with Crippen molar-refractivity contribution >= 4 is 5.97 Å². The van der Waals surface area contributed by atoms with Crippen molar-refractivity contribution in [2.75, 3.05) is 20.2 Å². The molecule has 0 bridgehead atoms. The Kier molecular flexibility index (Phi) is 3.81. The molecule has 0 aliphatic carbocycles. The maximum Gasteiger partial charge on any atom is 0.341 e. The monoisotopic (exact) mass is 238 g/mol. The van der Waals surface area contributed by atoms with E-state index in [4.69, 9.17) is 14.9 Å². The van der Waals surface area contributed by atoms with E-state index >= 15 is 0 Å². The Labute approximate surface area is 101 Å². The number of esters is 1. The van der Waals surface area contributed by atoms with Gasteiger partial charge in [0, 0.05) is 12.6 Å². The van der Waals surface area contributed by atoms with E-state index in [1.807, 2.05) is 0 Å². The summed E-state index contributed by atoms with van der Waals surface area (Å²) >= 11 is 0. The van der Waals surface area contributed by atoms with Crippen LogP contribution in [0.15, 0.2) is 16.7 Å². The molecule has 5 heteroatoms. The van der Waals surface area contributed by atoms with Gasteiger partial charge in [-0.1, -0.05) is 0 Å². The largest absolute Gasteiger partial charge is 0.467 e. The average molecular weight is 238 g/mol. The van der Waals surface area contributed by atoms with Crippen LogP contribution in [0.1, 0.15) is 29.0 Å². The van der Waals surface area contributed by atoms with E-state index in [0.717, 1.165) is 19.4 Å². The van der Waals surface area contributed by atoms with E-state index in [2.05, 4.69) is 4.90 Å². The summed E-state index contributed by atoms with van der Waals surface area (Å²) in [6.07, 6.45) is 3.79. The number of carbonyl (C=O) groups excluding carboxylic acids is 1. The summed E-state index contributed by atoms with van der Waals surface area (Å²) in [6.45, 7) is 2.27. The molecule has 2 N–H and O–H groups in total. The summed E-state index contributed by atoms with van der Waals surface area (Å²) in [4.78, 5) is 13.8. The molecule has 1 fully saturated rings. The molecule has 94 valence electrons. The lowest BCUT2D eigenvalue weighted by molar-refractivity contribution is 0.0596. The molecule has 0 radical (unpaired) electrons. The average Bonchev–Trinajstić information content (AvgIpc) is 2.97. The first-order valence-corrected chi connectivity index (χ1v) is 5.85. The predicted octanol–water partition coefficient (Wildman–Crippen LogP) is 0.989. The van der Waals surface area contributed by atoms with Crippen molar-refractivity contribution in [1.29, 1.82) is 0 Å². The van der Waals surface area contributed by atoms with Gasteiger partial charge in [-0.05, 0) is 25.5 Å². The fourth-order valence-electron chi connectivity index (χ4n) is 2.31. The molecule has 0 saturated carbocycles. The van der Waals surface area contributed by atoms with Crippen LogP contribution in [0.25, 0.3) is 0 Å². The van der Waals surface area contributed by atoms with Gasteiger partial charge in [-0.3, -0.25) is 4.90 Å². The number of hydrogen-bond donors (Lipinski definition) is 1. The van der Waals surface area contributed by atoms with E-state index in [0.29, 0.717) is 30.5 Å². The number of rotatable bonds is 4. The van der Waals surface area contributed by atoms with Gasteiger partial charge in [0.1, 0.15) is 11.3 Å². The zero-order chi connectivity index (χ0) is 12.3. The molecule has 1 aromatic heterocycles. The van der Waals surface area contributed by atoms with E-state index in [1.165, 1.54) is 13.4 Å². The van der Waals surface area contributed by atoms with Crippen LogP contribution in [0.5, 0.6) is 0 Å². The Bertz CT molecular complexity index is 389. The molecule has 1 unspecified atom stereocenters. The molecule has 2 heterocycles. The van der Waals surface area contributed by atoms with Gasteiger partial charge in [0.15, 0.2) is 0 Å². The number of nitrogens with two attached hydrogens (primary N) is 1. The highest BCUT2D eigenvalue weighted by molar-refractivity contribution is 5.90. The predicted molar refractivity (Wildman–Crippen MR) is 62.5 cm³/mol. The van der Waals surface area contributed by atoms with Gasteiger partial charge in [-0.15, -0.1) is 0 Å². The second kappa shape index (κ2) is 5.33. The van der Waals surface area contributed by atoms with Gasteiger partial charge in [0.2, 0.25) is 0 Å². The van der Waals surface area contributed by atoms with E-state index in [-0.39, 0.29) is 5.97 Å². The van der Waals surface area contributed by atoms with Crippen LogP contribution in [0, 0.1) is 0 Å². The van der Waals surface area contributed by atoms with Crippen molar-refractivity contribution in [1.82, 2.24) is 4.90 Å². The molecule has 1 atom stereocenters. The van der Waals surface area contributed by atoms with E-state index < -0.39 is 0 Å². The molecular weight excluding hydrogens is 220 g/mol. The Balaban J connectivity index is 2.08. The Morgan fingerprint density at radius 3 is 3.24 bits per heavy atom. The number of likely N-dealkylation sites (tertiary alicyclic amines) is 1. The lowest BCUT2D eigenvalue weighted by Crippen LogP contribution is -2.35. The maximum atomic E-state index is 11.5. The molecule has 1 aliphatic heterocycles. The second-order valence-electron chi connectivity index (χ2n) is 4.25. The molecule has 0 amide bonds. The Hall–Kier alpha value is -1.33. The topological polar surface area (TPSA) is 68.7 Å². The number of ether oxygens (including phenoxy) is 1. The first-order valence-electron chi connectivity index (χ1n) is 5.85. The van der Waals surface area contributed by atoms with Gasteiger partial charge in [0.25, 0.3) is 0 Å². The van der Waals surface area contributed by atoms with Gasteiger partial charge >= 0.3 is 5.97 Å². The van der Waals surface area contributed by atoms with Gasteiger partial charge in [0.05, 0.1) is 19.9 Å². The van der Waals surface area contributed by atoms with Crippen molar-refractivity contribution in [3.05, 3.63) is 23.7 Å². The minimum Gasteiger partial charge on any atom is -0.467 e. The third-order valence-corrected chi connectivity index (χ3v) is 3.27. The van der Waals surface area contributed by atoms with Crippen molar-refractivity contribution in [3.63, 3.8) is 0 Å². The van der Waals surface area contributed by atoms with Crippen LogP contribution in [-0.4, -0.2) is 37.1 Å². The van der Waals surface area contributed by atoms with Crippen LogP contribution >= 0.6 is 0 Å². The van der Waals surface area contributed by atoms with Crippen LogP contribution in [0.2, 0.25) is 0 Å². The summed E-state index contributed by atoms with van der Waals surface area (Å²) in [5, 5.41) is 0. The molecule has 5 nitrogen and oxygen atoms in total. The van der Waals surface area contributed by atoms with Crippen LogP contribution in [-0.2, 0) is 11.3 Å². The lowest BCUT2D eigenvalue weighted by atomic mass is 10.2. The van der Waals surface area contributed by atoms with Gasteiger partial charge in [-0.2, -0.15) is 0 Å². The summed E-state index contributed by atoms with van der Waals surface area (Å²) in [6, 6.07) is 2.04. The first kappa shape index (κ1) is 12.1. The Morgan fingerprint density at radius 2 is 2.53 bits per heavy atom. The normalized spacial score (nSPS) is 20.7. The minimum atomic E-state index is -0.350. The van der Waals surface area contributed by atoms with Crippen molar-refractivity contribution in [3.8, 4) is 0 Å². The highest BCUT2D eigenvalue weighted by Gasteiger charge is 2.26. The molecule has 0 aromatic carbocycles. The zero-order valence-corrected chi connectivity index (χ0v) is 10.0. The summed E-state index contributed by atoms with van der Waals surface area (Å²) < 4.78 is 10.1. The third kappa shape index (κ3) is 2.50. The summed E-state index contributed by atoms with van der Waals surface area (Å²) in [5.74, 6) is 0.314. The first-order chi connectivity index (χ1) is 8.26. The van der Waals surface area contributed by atoms with Crippen molar-refractivity contribution < 1.29 is 13.9 Å². The Morgan fingerprint density at radius 1 is 1.71 bits per heavy atom. The SMILES string of the molecule is COC(=O)c1ccoc1CN1CCCC1CN. The number of carbonyl (C=O) groups is 1. The number of nitrogens with zero attached hydrogens (tertiary/aromatic N) is 1. The smallest absolute Gasteiger partial charge is 0.341 e. The standard InChI is InChI=1S/C12H18N2O3/c1-16-12(15)10-4-6-17-11(10)8-14-5-2-3-9(14)7-13/h4,6,9H,2-3,5,7-8,13H2,1H3. The molecule has 1 aromatic rings. The summed E-state index contributed by atoms with van der Waals surface area (Å²) in [7, 11) is 1.37. The van der Waals surface area contributed by atoms with Gasteiger partial charge < -0.3 is 14.9 Å². The molecule has 1 saturated heterocycles. The fourth-order valence-corrected chi connectivity index (χ4v) is 2.31. The van der Waals surface area contributed by atoms with Crippen LogP contribution < -0.4 is 5.73 Å². The van der Waals surface area contributed by atoms with Gasteiger partial charge in [-0.25, -0.2) is 4.79 Å². The molecule has 17 heavy (non-hydrogen) atoms. The van der Waals surface area contributed by atoms with Crippen LogP contribution in [0.4, 0.5) is 0 Å². The van der Waals surface area contributed by atoms with Crippen molar-refractivity contribution in [2.45, 2.75) is 25.4 Å². The van der Waals surface area contributed by atoms with Crippen LogP contribution in [0.3, 0.4) is 0 Å². The number of furan rings is 1. The van der Waals surface area contributed by atoms with Crippen molar-refractivity contribution in [2.24, 2.45) is 5.73 Å². The van der Waals surface area contributed by atoms with E-state index in [9.17, 15) is 4.79 Å². The third-order valence-electron chi connectivity index (χ3n) is 3.27. The number of methoxy groups -OCH3 is 1. The highest BCUT2D eigenvalue weighted by Crippen LogP contribution is 2.21. The molecule has 0 spiro atoms. The van der Waals surface area contributed by atoms with E-state index in [1.54, 1.807) is 6.07 Å². The maximum absolute atomic E-state index is 11.5. The molecular formula is C12H18N2O3.